The number of benzene rings is 2. The molecule has 0 aliphatic rings. The minimum Gasteiger partial charge on any atom is -0.491 e. The van der Waals surface area contributed by atoms with E-state index < -0.39 is 0 Å². The van der Waals surface area contributed by atoms with Crippen LogP contribution in [-0.4, -0.2) is 42.7 Å². The summed E-state index contributed by atoms with van der Waals surface area (Å²) in [5, 5.41) is 0.792. The number of hydrogen-bond donors (Lipinski definition) is 0. The van der Waals surface area contributed by atoms with Crippen LogP contribution in [-0.2, 0) is 0 Å². The van der Waals surface area contributed by atoms with E-state index in [1.165, 1.54) is 5.56 Å². The van der Waals surface area contributed by atoms with Crippen LogP contribution in [0.15, 0.2) is 18.2 Å². The average Bonchev–Trinajstić information content (AvgIpc) is 2.61. The van der Waals surface area contributed by atoms with Gasteiger partial charge in [0.2, 0.25) is 0 Å². The summed E-state index contributed by atoms with van der Waals surface area (Å²) in [5.74, 6) is 1.98. The van der Waals surface area contributed by atoms with Crippen LogP contribution in [0.2, 0.25) is 0 Å². The second-order valence-electron chi connectivity index (χ2n) is 8.88. The Bertz CT molecular complexity index is 920. The van der Waals surface area contributed by atoms with E-state index in [9.17, 15) is 4.79 Å². The van der Waals surface area contributed by atoms with Gasteiger partial charge in [0.15, 0.2) is 5.52 Å². The Balaban J connectivity index is 0.00000512. The van der Waals surface area contributed by atoms with E-state index in [-0.39, 0.29) is 51.3 Å². The molecule has 1 atom stereocenters. The maximum absolute atomic E-state index is 13.5. The summed E-state index contributed by atoms with van der Waals surface area (Å²) in [7, 11) is -0.114. The molecular formula is C26H37LiO4P. The summed E-state index contributed by atoms with van der Waals surface area (Å²) in [6.45, 7) is 20.1. The molecule has 1 radical (unpaired) electrons. The largest absolute Gasteiger partial charge is 0.491 e. The van der Waals surface area contributed by atoms with Gasteiger partial charge in [-0.2, -0.15) is 0 Å². The van der Waals surface area contributed by atoms with Gasteiger partial charge in [-0.25, -0.2) is 0 Å². The number of carbonyl (C=O) groups is 1. The summed E-state index contributed by atoms with van der Waals surface area (Å²) in [6, 6.07) is 5.85. The molecule has 0 aromatic heterocycles. The third-order valence-electron chi connectivity index (χ3n) is 4.96. The van der Waals surface area contributed by atoms with Crippen molar-refractivity contribution in [3.05, 3.63) is 46.0 Å². The second kappa shape index (κ2) is 12.1. The van der Waals surface area contributed by atoms with E-state index in [2.05, 4.69) is 19.9 Å². The molecule has 0 heterocycles. The van der Waals surface area contributed by atoms with Gasteiger partial charge in [-0.15, -0.1) is 0 Å². The van der Waals surface area contributed by atoms with Crippen LogP contribution in [0.3, 0.4) is 0 Å². The molecule has 171 valence electrons. The van der Waals surface area contributed by atoms with Gasteiger partial charge in [0, 0.05) is 36.6 Å². The van der Waals surface area contributed by atoms with E-state index in [4.69, 9.17) is 14.2 Å². The summed E-state index contributed by atoms with van der Waals surface area (Å²) in [6.07, 6.45) is -0.0514. The first-order valence-electron chi connectivity index (χ1n) is 11.0. The van der Waals surface area contributed by atoms with Gasteiger partial charge in [0.05, 0.1) is 23.6 Å². The molecule has 1 unspecified atom stereocenters. The summed E-state index contributed by atoms with van der Waals surface area (Å²) in [4.78, 5) is 13.5. The van der Waals surface area contributed by atoms with E-state index in [1.54, 1.807) is 0 Å². The predicted octanol–water partition coefficient (Wildman–Crippen LogP) is 6.05. The van der Waals surface area contributed by atoms with Crippen LogP contribution in [0.4, 0.5) is 0 Å². The second-order valence-corrected chi connectivity index (χ2v) is 10.1. The van der Waals surface area contributed by atoms with Crippen LogP contribution < -0.4 is 19.5 Å². The fourth-order valence-corrected chi connectivity index (χ4v) is 4.78. The van der Waals surface area contributed by atoms with Crippen molar-refractivity contribution in [3.8, 4) is 17.2 Å². The van der Waals surface area contributed by atoms with Crippen LogP contribution in [0.1, 0.15) is 74.2 Å². The van der Waals surface area contributed by atoms with Gasteiger partial charge in [0.1, 0.15) is 17.2 Å². The molecule has 0 aliphatic carbocycles. The molecular weight excluding hydrogens is 414 g/mol. The quantitative estimate of drug-likeness (QED) is 0.344. The van der Waals surface area contributed by atoms with Gasteiger partial charge >= 0.3 is 0 Å². The molecule has 6 heteroatoms. The van der Waals surface area contributed by atoms with Gasteiger partial charge in [-0.05, 0) is 100 Å². The first-order chi connectivity index (χ1) is 14.4. The Labute approximate surface area is 207 Å². The van der Waals surface area contributed by atoms with E-state index >= 15 is 0 Å². The molecule has 0 saturated heterocycles. The maximum Gasteiger partial charge on any atom is 0.186 e. The first kappa shape index (κ1) is 28.6. The normalized spacial score (nSPS) is 11.4. The predicted molar refractivity (Wildman–Crippen MR) is 137 cm³/mol. The monoisotopic (exact) mass is 451 g/mol. The molecule has 0 spiro atoms. The minimum absolute atomic E-state index is 0. The molecule has 2 rings (SSSR count). The van der Waals surface area contributed by atoms with Gasteiger partial charge in [0.25, 0.3) is 0 Å². The van der Waals surface area contributed by atoms with Crippen molar-refractivity contribution < 1.29 is 19.0 Å². The number of carbonyl (C=O) groups excluding carboxylic acids is 1. The Hall–Kier alpha value is -1.46. The van der Waals surface area contributed by atoms with Crippen LogP contribution >= 0.6 is 8.58 Å². The smallest absolute Gasteiger partial charge is 0.186 e. The molecule has 0 bridgehead atoms. The van der Waals surface area contributed by atoms with Crippen molar-refractivity contribution in [1.29, 1.82) is 0 Å². The molecule has 2 aromatic carbocycles. The van der Waals surface area contributed by atoms with Gasteiger partial charge < -0.3 is 14.2 Å². The van der Waals surface area contributed by atoms with Gasteiger partial charge in [-0.1, -0.05) is 6.07 Å². The average molecular weight is 451 g/mol. The standard InChI is InChI=1S/C26H37O4P.Li/c1-14(2)28-21-12-22(29-15(3)4)25(23(13-21)30-16(5)6)31-26(27)24-18(8)11-17(7)19(9)20(24)10;/h11-16,31H,1-10H3;. The maximum atomic E-state index is 13.5. The third-order valence-corrected chi connectivity index (χ3v) is 6.18. The zero-order valence-electron chi connectivity index (χ0n) is 21.6. The van der Waals surface area contributed by atoms with Crippen LogP contribution in [0, 0.1) is 27.7 Å². The molecule has 0 fully saturated rings. The van der Waals surface area contributed by atoms with Crippen molar-refractivity contribution in [2.24, 2.45) is 0 Å². The number of rotatable bonds is 9. The molecule has 0 saturated carbocycles. The molecule has 0 N–H and O–H groups in total. The van der Waals surface area contributed by atoms with E-state index in [1.807, 2.05) is 67.5 Å². The SMILES string of the molecule is Cc1cc(C)c(C(=O)Pc2c(OC(C)C)cc(OC(C)C)cc2OC(C)C)c(C)c1C.[Li]. The van der Waals surface area contributed by atoms with E-state index in [0.717, 1.165) is 27.6 Å². The Morgan fingerprint density at radius 1 is 0.719 bits per heavy atom. The van der Waals surface area contributed by atoms with E-state index in [0.29, 0.717) is 17.2 Å². The van der Waals surface area contributed by atoms with Crippen molar-refractivity contribution in [2.75, 3.05) is 0 Å². The first-order valence-corrected chi connectivity index (χ1v) is 12.0. The molecule has 4 nitrogen and oxygen atoms in total. The van der Waals surface area contributed by atoms with Crippen molar-refractivity contribution in [3.63, 3.8) is 0 Å². The Morgan fingerprint density at radius 2 is 1.19 bits per heavy atom. The van der Waals surface area contributed by atoms with Crippen molar-refractivity contribution >= 4 is 38.3 Å². The van der Waals surface area contributed by atoms with Gasteiger partial charge in [-0.3, -0.25) is 4.79 Å². The Kier molecular flexibility index (Phi) is 10.8. The van der Waals surface area contributed by atoms with Crippen molar-refractivity contribution in [2.45, 2.75) is 87.5 Å². The number of ether oxygens (including phenoxy) is 3. The molecule has 32 heavy (non-hydrogen) atoms. The number of hydrogen-bond acceptors (Lipinski definition) is 4. The van der Waals surface area contributed by atoms with Crippen LogP contribution in [0.25, 0.3) is 0 Å². The third kappa shape index (κ3) is 7.28. The number of aryl methyl sites for hydroxylation is 2. The fraction of sp³-hybridized carbons (Fsp3) is 0.500. The fourth-order valence-electron chi connectivity index (χ4n) is 3.53. The van der Waals surface area contributed by atoms with Crippen LogP contribution in [0.5, 0.6) is 17.2 Å². The topological polar surface area (TPSA) is 44.8 Å². The van der Waals surface area contributed by atoms with Crippen molar-refractivity contribution in [1.82, 2.24) is 0 Å². The molecule has 2 aromatic rings. The summed E-state index contributed by atoms with van der Waals surface area (Å²) < 4.78 is 18.2. The minimum atomic E-state index is -0.114. The zero-order chi connectivity index (χ0) is 23.5. The summed E-state index contributed by atoms with van der Waals surface area (Å²) in [5.41, 5.74) is 5.32. The Morgan fingerprint density at radius 3 is 1.62 bits per heavy atom. The summed E-state index contributed by atoms with van der Waals surface area (Å²) >= 11 is 0. The molecule has 0 aliphatic heterocycles. The molecule has 0 amide bonds. The zero-order valence-corrected chi connectivity index (χ0v) is 22.6.